The Morgan fingerprint density at radius 3 is 2.78 bits per heavy atom. The second kappa shape index (κ2) is 2.58. The summed E-state index contributed by atoms with van der Waals surface area (Å²) in [7, 11) is 0. The number of hydroxylamine groups is 1. The van der Waals surface area contributed by atoms with Gasteiger partial charge < -0.3 is 4.84 Å². The molecule has 0 fully saturated rings. The second-order valence-electron chi connectivity index (χ2n) is 2.27. The van der Waals surface area contributed by atoms with Gasteiger partial charge >= 0.3 is 0 Å². The number of nitrogens with one attached hydrogen (secondary N) is 1. The van der Waals surface area contributed by atoms with Crippen molar-refractivity contribution in [2.24, 2.45) is 0 Å². The number of hydrogen-bond acceptors (Lipinski definition) is 2. The zero-order chi connectivity index (χ0) is 6.69. The van der Waals surface area contributed by atoms with Crippen LogP contribution in [0.1, 0.15) is 20.3 Å². The molecule has 9 heavy (non-hydrogen) atoms. The quantitative estimate of drug-likeness (QED) is 0.532. The first kappa shape index (κ1) is 6.20. The standard InChI is InChI=1S/C7H11NO/c1-6(2)7-4-3-5-9-8-7/h3,5,8H,4H2,1-2H3. The van der Waals surface area contributed by atoms with Crippen molar-refractivity contribution in [3.8, 4) is 0 Å². The van der Waals surface area contributed by atoms with E-state index in [2.05, 4.69) is 19.3 Å². The molecule has 2 heteroatoms. The van der Waals surface area contributed by atoms with Gasteiger partial charge in [-0.1, -0.05) is 5.57 Å². The highest BCUT2D eigenvalue weighted by Gasteiger charge is 1.99. The minimum atomic E-state index is 0.961. The molecule has 0 aromatic carbocycles. The summed E-state index contributed by atoms with van der Waals surface area (Å²) in [6.07, 6.45) is 4.60. The zero-order valence-electron chi connectivity index (χ0n) is 5.77. The fourth-order valence-electron chi connectivity index (χ4n) is 0.667. The molecule has 0 unspecified atom stereocenters. The smallest absolute Gasteiger partial charge is 0.115 e. The monoisotopic (exact) mass is 125 g/mol. The van der Waals surface area contributed by atoms with Gasteiger partial charge in [-0.15, -0.1) is 0 Å². The van der Waals surface area contributed by atoms with E-state index < -0.39 is 0 Å². The fraction of sp³-hybridized carbons (Fsp3) is 0.429. The lowest BCUT2D eigenvalue weighted by Crippen LogP contribution is -2.14. The SMILES string of the molecule is CC(C)=C1CC=CON1. The molecule has 0 spiro atoms. The van der Waals surface area contributed by atoms with Gasteiger partial charge in [-0.05, 0) is 19.9 Å². The molecular formula is C7H11NO. The fourth-order valence-corrected chi connectivity index (χ4v) is 0.667. The van der Waals surface area contributed by atoms with Crippen LogP contribution in [0.2, 0.25) is 0 Å². The van der Waals surface area contributed by atoms with Crippen LogP contribution in [0.15, 0.2) is 23.6 Å². The molecule has 2 nitrogen and oxygen atoms in total. The molecule has 1 heterocycles. The predicted molar refractivity (Wildman–Crippen MR) is 36.4 cm³/mol. The van der Waals surface area contributed by atoms with Gasteiger partial charge in [0.1, 0.15) is 6.26 Å². The topological polar surface area (TPSA) is 21.3 Å². The van der Waals surface area contributed by atoms with Gasteiger partial charge in [-0.25, -0.2) is 5.48 Å². The lowest BCUT2D eigenvalue weighted by molar-refractivity contribution is 0.151. The van der Waals surface area contributed by atoms with Crippen LogP contribution >= 0.6 is 0 Å². The Hall–Kier alpha value is -0.920. The molecule has 0 radical (unpaired) electrons. The van der Waals surface area contributed by atoms with E-state index in [9.17, 15) is 0 Å². The first-order valence-corrected chi connectivity index (χ1v) is 3.03. The molecule has 0 atom stereocenters. The lowest BCUT2D eigenvalue weighted by Gasteiger charge is -2.13. The van der Waals surface area contributed by atoms with Crippen molar-refractivity contribution in [1.29, 1.82) is 0 Å². The second-order valence-corrected chi connectivity index (χ2v) is 2.27. The van der Waals surface area contributed by atoms with Crippen LogP contribution in [0.25, 0.3) is 0 Å². The lowest BCUT2D eigenvalue weighted by atomic mass is 10.2. The first-order chi connectivity index (χ1) is 4.30. The molecule has 0 saturated carbocycles. The molecule has 1 aliphatic rings. The molecular weight excluding hydrogens is 114 g/mol. The minimum absolute atomic E-state index is 0.961. The van der Waals surface area contributed by atoms with E-state index in [4.69, 9.17) is 4.84 Å². The summed E-state index contributed by atoms with van der Waals surface area (Å²) in [5.41, 5.74) is 5.25. The van der Waals surface area contributed by atoms with Crippen LogP contribution in [-0.2, 0) is 4.84 Å². The predicted octanol–water partition coefficient (Wildman–Crippen LogP) is 1.72. The maximum absolute atomic E-state index is 4.85. The molecule has 0 aromatic heterocycles. The van der Waals surface area contributed by atoms with E-state index >= 15 is 0 Å². The summed E-state index contributed by atoms with van der Waals surface area (Å²) in [5.74, 6) is 0. The van der Waals surface area contributed by atoms with Crippen LogP contribution in [0, 0.1) is 0 Å². The van der Waals surface area contributed by atoms with Crippen LogP contribution in [0.4, 0.5) is 0 Å². The van der Waals surface area contributed by atoms with E-state index in [-0.39, 0.29) is 0 Å². The van der Waals surface area contributed by atoms with Crippen LogP contribution in [0.5, 0.6) is 0 Å². The largest absolute Gasteiger partial charge is 0.391 e. The van der Waals surface area contributed by atoms with Gasteiger partial charge in [0.15, 0.2) is 0 Å². The van der Waals surface area contributed by atoms with Crippen LogP contribution in [-0.4, -0.2) is 0 Å². The average molecular weight is 125 g/mol. The van der Waals surface area contributed by atoms with Gasteiger partial charge in [-0.2, -0.15) is 0 Å². The molecule has 1 N–H and O–H groups in total. The summed E-state index contributed by atoms with van der Waals surface area (Å²) in [6, 6.07) is 0. The van der Waals surface area contributed by atoms with Crippen molar-refractivity contribution in [2.75, 3.05) is 0 Å². The Balaban J connectivity index is 2.64. The van der Waals surface area contributed by atoms with Crippen LogP contribution in [0.3, 0.4) is 0 Å². The molecule has 0 amide bonds. The first-order valence-electron chi connectivity index (χ1n) is 3.03. The summed E-state index contributed by atoms with van der Waals surface area (Å²) < 4.78 is 0. The third kappa shape index (κ3) is 1.49. The van der Waals surface area contributed by atoms with E-state index in [0.717, 1.165) is 12.1 Å². The Labute approximate surface area is 55.2 Å². The van der Waals surface area contributed by atoms with Crippen molar-refractivity contribution >= 4 is 0 Å². The van der Waals surface area contributed by atoms with Gasteiger partial charge in [0, 0.05) is 6.42 Å². The Morgan fingerprint density at radius 2 is 2.44 bits per heavy atom. The van der Waals surface area contributed by atoms with E-state index in [1.807, 2.05) is 6.08 Å². The normalized spacial score (nSPS) is 16.4. The van der Waals surface area contributed by atoms with Crippen molar-refractivity contribution in [2.45, 2.75) is 20.3 Å². The molecule has 0 aromatic rings. The van der Waals surface area contributed by atoms with E-state index in [1.165, 1.54) is 5.57 Å². The van der Waals surface area contributed by atoms with Crippen molar-refractivity contribution in [3.05, 3.63) is 23.6 Å². The Morgan fingerprint density at radius 1 is 1.67 bits per heavy atom. The summed E-state index contributed by atoms with van der Waals surface area (Å²) in [4.78, 5) is 4.85. The highest BCUT2D eigenvalue weighted by molar-refractivity contribution is 5.11. The Kier molecular flexibility index (Phi) is 1.78. The third-order valence-electron chi connectivity index (χ3n) is 1.27. The molecule has 0 aliphatic carbocycles. The summed E-state index contributed by atoms with van der Waals surface area (Å²) in [5, 5.41) is 0. The van der Waals surface area contributed by atoms with Crippen LogP contribution < -0.4 is 5.48 Å². The summed E-state index contributed by atoms with van der Waals surface area (Å²) in [6.45, 7) is 4.12. The minimum Gasteiger partial charge on any atom is -0.391 e. The molecule has 0 saturated heterocycles. The number of rotatable bonds is 0. The summed E-state index contributed by atoms with van der Waals surface area (Å²) >= 11 is 0. The van der Waals surface area contributed by atoms with Gasteiger partial charge in [0.05, 0.1) is 5.70 Å². The van der Waals surface area contributed by atoms with Crippen molar-refractivity contribution in [1.82, 2.24) is 5.48 Å². The maximum atomic E-state index is 4.85. The highest BCUT2D eigenvalue weighted by Crippen LogP contribution is 2.08. The van der Waals surface area contributed by atoms with Gasteiger partial charge in [-0.3, -0.25) is 0 Å². The van der Waals surface area contributed by atoms with E-state index in [0.29, 0.717) is 0 Å². The molecule has 50 valence electrons. The van der Waals surface area contributed by atoms with Crippen molar-refractivity contribution < 1.29 is 4.84 Å². The Bertz CT molecular complexity index is 154. The number of allylic oxidation sites excluding steroid dienone is 2. The van der Waals surface area contributed by atoms with E-state index in [1.54, 1.807) is 6.26 Å². The molecule has 1 aliphatic heterocycles. The van der Waals surface area contributed by atoms with Gasteiger partial charge in [0.25, 0.3) is 0 Å². The number of hydrogen-bond donors (Lipinski definition) is 1. The van der Waals surface area contributed by atoms with Gasteiger partial charge in [0.2, 0.25) is 0 Å². The zero-order valence-corrected chi connectivity index (χ0v) is 5.77. The third-order valence-corrected chi connectivity index (χ3v) is 1.27. The molecule has 0 bridgehead atoms. The maximum Gasteiger partial charge on any atom is 0.115 e. The van der Waals surface area contributed by atoms with Crippen molar-refractivity contribution in [3.63, 3.8) is 0 Å². The average Bonchev–Trinajstić information content (AvgIpc) is 1.90. The highest BCUT2D eigenvalue weighted by atomic mass is 16.6. The molecule has 1 rings (SSSR count).